The van der Waals surface area contributed by atoms with Gasteiger partial charge in [0.15, 0.2) is 0 Å². The van der Waals surface area contributed by atoms with Gasteiger partial charge in [-0.15, -0.1) is 0 Å². The van der Waals surface area contributed by atoms with E-state index >= 15 is 0 Å². The summed E-state index contributed by atoms with van der Waals surface area (Å²) >= 11 is 0.798. The van der Waals surface area contributed by atoms with Gasteiger partial charge in [0.1, 0.15) is 0 Å². The molecule has 1 aromatic rings. The predicted octanol–water partition coefficient (Wildman–Crippen LogP) is 0.336. The minimum atomic E-state index is 0.649. The Labute approximate surface area is 81.9 Å². The molecule has 0 aliphatic rings. The fourth-order valence-corrected chi connectivity index (χ4v) is 1.80. The van der Waals surface area contributed by atoms with Gasteiger partial charge in [-0.05, 0) is 0 Å². The Morgan fingerprint density at radius 3 is 3.09 bits per heavy atom. The van der Waals surface area contributed by atoms with Gasteiger partial charge in [0.05, 0.1) is 0 Å². The molecule has 0 aliphatic heterocycles. The molecule has 3 nitrogen and oxygen atoms in total. The van der Waals surface area contributed by atoms with Crippen molar-refractivity contribution in [3.05, 3.63) is 18.2 Å². The standard InChI is InChI=1S/C7H9N2O.Tl/c10-4-2-1-3-7-5-8-6-9-7;/h4-6H,1-3H2;/q-1;+1. The second kappa shape index (κ2) is 4.63. The molecule has 0 saturated carbocycles. The van der Waals surface area contributed by atoms with Gasteiger partial charge < -0.3 is 0 Å². The van der Waals surface area contributed by atoms with Crippen LogP contribution < -0.4 is 0 Å². The Morgan fingerprint density at radius 1 is 1.73 bits per heavy atom. The normalized spacial score (nSPS) is 9.73. The topological polar surface area (TPSA) is 34.9 Å². The molecule has 0 bridgehead atoms. The van der Waals surface area contributed by atoms with Gasteiger partial charge in [-0.25, -0.2) is 0 Å². The van der Waals surface area contributed by atoms with Crippen molar-refractivity contribution in [3.8, 4) is 0 Å². The van der Waals surface area contributed by atoms with Crippen LogP contribution in [0.25, 0.3) is 0 Å². The van der Waals surface area contributed by atoms with Gasteiger partial charge in [-0.2, -0.15) is 0 Å². The predicted molar refractivity (Wildman–Crippen MR) is 42.4 cm³/mol. The van der Waals surface area contributed by atoms with Crippen molar-refractivity contribution in [2.45, 2.75) is 19.3 Å². The van der Waals surface area contributed by atoms with Crippen LogP contribution in [0.4, 0.5) is 0 Å². The van der Waals surface area contributed by atoms with Gasteiger partial charge in [0.25, 0.3) is 0 Å². The Hall–Kier alpha value is -0.198. The maximum atomic E-state index is 9.98. The van der Waals surface area contributed by atoms with Crippen molar-refractivity contribution < 1.29 is 4.79 Å². The zero-order valence-electron chi connectivity index (χ0n) is 6.23. The van der Waals surface area contributed by atoms with Crippen LogP contribution in [0.5, 0.6) is 0 Å². The number of carbonyl (C=O) groups excluding carboxylic acids is 1. The molecule has 0 atom stereocenters. The van der Waals surface area contributed by atoms with Crippen LogP contribution in [0.3, 0.4) is 0 Å². The summed E-state index contributed by atoms with van der Waals surface area (Å²) in [5.41, 5.74) is 1.11. The number of aromatic nitrogens is 2. The quantitative estimate of drug-likeness (QED) is 0.450. The number of hydrogen-bond donors (Lipinski definition) is 0. The van der Waals surface area contributed by atoms with Gasteiger partial charge in [0.2, 0.25) is 0 Å². The second-order valence-corrected chi connectivity index (χ2v) is 4.69. The number of aldehydes is 1. The summed E-state index contributed by atoms with van der Waals surface area (Å²) < 4.78 is 2.08. The SMILES string of the molecule is O=CCCCc1c[n]([Tl])cn1. The molecule has 0 aliphatic carbocycles. The Balaban J connectivity index is 2.32. The van der Waals surface area contributed by atoms with E-state index in [4.69, 9.17) is 0 Å². The first kappa shape index (κ1) is 8.89. The number of imidazole rings is 1. The molecule has 0 fully saturated rings. The molecule has 11 heavy (non-hydrogen) atoms. The molecule has 56 valence electrons. The number of nitrogens with zero attached hydrogens (tertiary/aromatic N) is 2. The molecular formula is C7H9N2OTl. The fourth-order valence-electron chi connectivity index (χ4n) is 0.875. The van der Waals surface area contributed by atoms with Gasteiger partial charge in [-0.3, -0.25) is 0 Å². The van der Waals surface area contributed by atoms with Crippen LogP contribution in [-0.4, -0.2) is 39.7 Å². The maximum absolute atomic E-state index is 9.98. The second-order valence-electron chi connectivity index (χ2n) is 2.37. The first-order chi connectivity index (χ1) is 5.33. The molecule has 0 N–H and O–H groups in total. The van der Waals surface area contributed by atoms with E-state index < -0.39 is 0 Å². The fraction of sp³-hybridized carbons (Fsp3) is 0.429. The molecule has 0 unspecified atom stereocenters. The van der Waals surface area contributed by atoms with Crippen molar-refractivity contribution in [3.63, 3.8) is 0 Å². The van der Waals surface area contributed by atoms with Gasteiger partial charge in [0, 0.05) is 0 Å². The summed E-state index contributed by atoms with van der Waals surface area (Å²) in [5.74, 6) is 0. The van der Waals surface area contributed by atoms with Crippen LogP contribution in [0.1, 0.15) is 18.5 Å². The number of hydrogen-bond acceptors (Lipinski definition) is 2. The number of aryl methyl sites for hydroxylation is 1. The van der Waals surface area contributed by atoms with Crippen molar-refractivity contribution in [1.82, 2.24) is 7.36 Å². The monoisotopic (exact) mass is 342 g/mol. The van der Waals surface area contributed by atoms with Crippen molar-refractivity contribution in [2.24, 2.45) is 0 Å². The first-order valence-corrected chi connectivity index (χ1v) is 5.55. The summed E-state index contributed by atoms with van der Waals surface area (Å²) in [5, 5.41) is 0. The van der Waals surface area contributed by atoms with E-state index in [0.717, 1.165) is 50.9 Å². The van der Waals surface area contributed by atoms with E-state index in [9.17, 15) is 4.79 Å². The van der Waals surface area contributed by atoms with Crippen molar-refractivity contribution >= 4 is 32.4 Å². The third kappa shape index (κ3) is 3.13. The van der Waals surface area contributed by atoms with Crippen LogP contribution in [0, 0.1) is 0 Å². The molecular weight excluding hydrogens is 332 g/mol. The van der Waals surface area contributed by atoms with Crippen LogP contribution in [-0.2, 0) is 11.2 Å². The first-order valence-electron chi connectivity index (χ1n) is 3.54. The molecule has 0 spiro atoms. The summed E-state index contributed by atoms with van der Waals surface area (Å²) in [6.07, 6.45) is 7.36. The van der Waals surface area contributed by atoms with Crippen LogP contribution in [0.2, 0.25) is 0 Å². The Kier molecular flexibility index (Phi) is 3.75. The van der Waals surface area contributed by atoms with E-state index in [1.807, 2.05) is 6.33 Å². The summed E-state index contributed by atoms with van der Waals surface area (Å²) in [4.78, 5) is 14.2. The molecule has 1 aromatic heterocycles. The number of rotatable bonds is 4. The average molecular weight is 342 g/mol. The van der Waals surface area contributed by atoms with Crippen molar-refractivity contribution in [2.75, 3.05) is 0 Å². The van der Waals surface area contributed by atoms with Crippen molar-refractivity contribution in [1.29, 1.82) is 0 Å². The van der Waals surface area contributed by atoms with Gasteiger partial charge >= 0.3 is 82.0 Å². The van der Waals surface area contributed by atoms with Crippen LogP contribution in [0.15, 0.2) is 12.5 Å². The summed E-state index contributed by atoms with van der Waals surface area (Å²) in [7, 11) is 0. The third-order valence-electron chi connectivity index (χ3n) is 1.41. The van der Waals surface area contributed by atoms with E-state index in [0.29, 0.717) is 6.42 Å². The number of carbonyl (C=O) groups is 1. The molecule has 1 heterocycles. The molecule has 0 amide bonds. The zero-order valence-corrected chi connectivity index (χ0v) is 10.7. The summed E-state index contributed by atoms with van der Waals surface area (Å²) in [6, 6.07) is 0. The zero-order chi connectivity index (χ0) is 8.10. The van der Waals surface area contributed by atoms with E-state index in [1.165, 1.54) is 0 Å². The molecule has 4 heteroatoms. The molecule has 1 rings (SSSR count). The third-order valence-corrected chi connectivity index (χ3v) is 2.51. The Bertz CT molecular complexity index is 234. The minimum absolute atomic E-state index is 0.649. The van der Waals surface area contributed by atoms with E-state index in [-0.39, 0.29) is 0 Å². The summed E-state index contributed by atoms with van der Waals surface area (Å²) in [6.45, 7) is 0. The number of unbranched alkanes of at least 4 members (excludes halogenated alkanes) is 1. The van der Waals surface area contributed by atoms with Gasteiger partial charge in [-0.1, -0.05) is 0 Å². The molecule has 0 saturated heterocycles. The molecule has 0 aromatic carbocycles. The Morgan fingerprint density at radius 2 is 2.55 bits per heavy atom. The average Bonchev–Trinajstić information content (AvgIpc) is 2.37. The van der Waals surface area contributed by atoms with Crippen LogP contribution >= 0.6 is 0 Å². The van der Waals surface area contributed by atoms with E-state index in [1.54, 1.807) is 0 Å². The molecule has 0 radical (unpaired) electrons. The van der Waals surface area contributed by atoms with E-state index in [2.05, 4.69) is 13.6 Å².